The summed E-state index contributed by atoms with van der Waals surface area (Å²) in [6.45, 7) is 6.82. The molecule has 4 heterocycles. The molecule has 1 aliphatic heterocycles. The van der Waals surface area contributed by atoms with Crippen LogP contribution in [0.4, 0.5) is 5.95 Å². The van der Waals surface area contributed by atoms with E-state index < -0.39 is 0 Å². The molecule has 0 aliphatic carbocycles. The third kappa shape index (κ3) is 3.11. The Morgan fingerprint density at radius 2 is 1.70 bits per heavy atom. The molecule has 0 spiro atoms. The van der Waals surface area contributed by atoms with Crippen LogP contribution in [0.5, 0.6) is 0 Å². The highest BCUT2D eigenvalue weighted by molar-refractivity contribution is 7.15. The molecule has 0 saturated heterocycles. The van der Waals surface area contributed by atoms with Gasteiger partial charge in [0.05, 0.1) is 6.54 Å². The number of halogens is 1. The maximum Gasteiger partial charge on any atom is 0.253 e. The predicted molar refractivity (Wildman–Crippen MR) is 121 cm³/mol. The van der Waals surface area contributed by atoms with Gasteiger partial charge in [0.15, 0.2) is 0 Å². The summed E-state index contributed by atoms with van der Waals surface area (Å²) in [6.07, 6.45) is 3.58. The lowest BCUT2D eigenvalue weighted by atomic mass is 10.00. The zero-order valence-corrected chi connectivity index (χ0v) is 18.4. The Labute approximate surface area is 183 Å². The van der Waals surface area contributed by atoms with Gasteiger partial charge >= 0.3 is 0 Å². The Bertz CT molecular complexity index is 1260. The first-order valence-electron chi connectivity index (χ1n) is 9.56. The van der Waals surface area contributed by atoms with E-state index in [1.54, 1.807) is 23.7 Å². The first kappa shape index (κ1) is 19.0. The largest absolute Gasteiger partial charge is 0.265 e. The molecule has 0 amide bonds. The highest BCUT2D eigenvalue weighted by atomic mass is 35.5. The maximum absolute atomic E-state index is 6.15. The van der Waals surface area contributed by atoms with Crippen molar-refractivity contribution < 1.29 is 0 Å². The molecule has 0 bridgehead atoms. The van der Waals surface area contributed by atoms with Crippen LogP contribution in [0, 0.1) is 20.8 Å². The number of benzene rings is 1. The normalized spacial score (nSPS) is 12.9. The second-order valence-electron chi connectivity index (χ2n) is 7.21. The van der Waals surface area contributed by atoms with Crippen molar-refractivity contribution >= 4 is 34.6 Å². The van der Waals surface area contributed by atoms with Crippen LogP contribution in [-0.2, 0) is 6.54 Å². The van der Waals surface area contributed by atoms with Gasteiger partial charge in [0, 0.05) is 33.4 Å². The molecule has 5 rings (SSSR count). The van der Waals surface area contributed by atoms with Crippen LogP contribution in [0.15, 0.2) is 53.9 Å². The van der Waals surface area contributed by atoms with Crippen molar-refractivity contribution in [2.45, 2.75) is 27.3 Å². The van der Waals surface area contributed by atoms with E-state index in [9.17, 15) is 0 Å². The first-order valence-corrected chi connectivity index (χ1v) is 10.8. The molecule has 0 unspecified atom stereocenters. The average molecular weight is 435 g/mol. The molecular weight excluding hydrogens is 416 g/mol. The molecule has 3 aromatic heterocycles. The molecule has 0 saturated carbocycles. The number of fused-ring (bicyclic) bond motifs is 3. The lowest BCUT2D eigenvalue weighted by Crippen LogP contribution is -2.20. The van der Waals surface area contributed by atoms with Crippen molar-refractivity contribution in [3.05, 3.63) is 86.8 Å². The van der Waals surface area contributed by atoms with Gasteiger partial charge in [-0.15, -0.1) is 21.5 Å². The molecule has 6 nitrogen and oxygen atoms in total. The number of pyridine rings is 1. The maximum atomic E-state index is 6.15. The molecule has 0 atom stereocenters. The number of hydrogen-bond acceptors (Lipinski definition) is 6. The molecule has 30 heavy (non-hydrogen) atoms. The Kier molecular flexibility index (Phi) is 4.64. The highest BCUT2D eigenvalue weighted by Gasteiger charge is 2.30. The molecular formula is C22H19ClN6S. The van der Waals surface area contributed by atoms with E-state index in [1.807, 2.05) is 48.3 Å². The second-order valence-corrected chi connectivity index (χ2v) is 8.85. The number of hydrazone groups is 1. The van der Waals surface area contributed by atoms with Crippen molar-refractivity contribution in [1.82, 2.24) is 19.7 Å². The van der Waals surface area contributed by atoms with Crippen molar-refractivity contribution in [3.63, 3.8) is 0 Å². The van der Waals surface area contributed by atoms with Crippen molar-refractivity contribution in [2.24, 2.45) is 5.10 Å². The van der Waals surface area contributed by atoms with E-state index >= 15 is 0 Å². The summed E-state index contributed by atoms with van der Waals surface area (Å²) >= 11 is 7.90. The number of thiophene rings is 1. The van der Waals surface area contributed by atoms with Crippen LogP contribution in [0.25, 0.3) is 5.00 Å². The summed E-state index contributed by atoms with van der Waals surface area (Å²) in [4.78, 5) is 5.38. The minimum atomic E-state index is 0.560. The standard InChI is InChI=1S/C22H19ClN6S/c1-13-14(2)30-21-19(13)20(17-4-6-18(23)7-5-17)27-28(12-16-8-10-24-11-9-16)22-26-25-15(3)29(21)22/h4-11H,12H2,1-3H3. The van der Waals surface area contributed by atoms with Gasteiger partial charge < -0.3 is 0 Å². The van der Waals surface area contributed by atoms with Gasteiger partial charge in [-0.2, -0.15) is 5.10 Å². The van der Waals surface area contributed by atoms with Gasteiger partial charge in [-0.25, -0.2) is 5.01 Å². The van der Waals surface area contributed by atoms with Crippen molar-refractivity contribution in [2.75, 3.05) is 5.01 Å². The summed E-state index contributed by atoms with van der Waals surface area (Å²) in [5.41, 5.74) is 5.34. The Morgan fingerprint density at radius 1 is 0.967 bits per heavy atom. The van der Waals surface area contributed by atoms with E-state index in [-0.39, 0.29) is 0 Å². The quantitative estimate of drug-likeness (QED) is 0.451. The van der Waals surface area contributed by atoms with Gasteiger partial charge in [0.25, 0.3) is 5.95 Å². The predicted octanol–water partition coefficient (Wildman–Crippen LogP) is 5.08. The van der Waals surface area contributed by atoms with Crippen LogP contribution in [0.1, 0.15) is 33.0 Å². The van der Waals surface area contributed by atoms with Gasteiger partial charge in [-0.05, 0) is 56.2 Å². The van der Waals surface area contributed by atoms with E-state index in [0.717, 1.165) is 33.2 Å². The minimum absolute atomic E-state index is 0.560. The van der Waals surface area contributed by atoms with Crippen LogP contribution in [0.2, 0.25) is 5.02 Å². The summed E-state index contributed by atoms with van der Waals surface area (Å²) in [6, 6.07) is 11.8. The fraction of sp³-hybridized carbons (Fsp3) is 0.182. The lowest BCUT2D eigenvalue weighted by Gasteiger charge is -2.18. The first-order chi connectivity index (χ1) is 14.5. The minimum Gasteiger partial charge on any atom is -0.265 e. The fourth-order valence-electron chi connectivity index (χ4n) is 3.59. The Hall–Kier alpha value is -3.03. The molecule has 1 aromatic carbocycles. The van der Waals surface area contributed by atoms with Crippen LogP contribution >= 0.6 is 22.9 Å². The van der Waals surface area contributed by atoms with Gasteiger partial charge in [-0.3, -0.25) is 9.55 Å². The number of aromatic nitrogens is 4. The fourth-order valence-corrected chi connectivity index (χ4v) is 4.92. The van der Waals surface area contributed by atoms with Gasteiger partial charge in [-0.1, -0.05) is 23.7 Å². The second kappa shape index (κ2) is 7.34. The lowest BCUT2D eigenvalue weighted by molar-refractivity contribution is 0.797. The molecule has 0 fully saturated rings. The highest BCUT2D eigenvalue weighted by Crippen LogP contribution is 2.38. The summed E-state index contributed by atoms with van der Waals surface area (Å²) in [5, 5.41) is 17.7. The van der Waals surface area contributed by atoms with E-state index in [1.165, 1.54) is 10.4 Å². The zero-order valence-electron chi connectivity index (χ0n) is 16.8. The van der Waals surface area contributed by atoms with Crippen LogP contribution in [-0.4, -0.2) is 25.5 Å². The molecule has 0 radical (unpaired) electrons. The summed E-state index contributed by atoms with van der Waals surface area (Å²) in [5.74, 6) is 1.54. The number of hydrogen-bond donors (Lipinski definition) is 0. The van der Waals surface area contributed by atoms with E-state index in [4.69, 9.17) is 16.7 Å². The third-order valence-corrected chi connectivity index (χ3v) is 6.71. The molecule has 8 heteroatoms. The molecule has 1 aliphatic rings. The topological polar surface area (TPSA) is 59.2 Å². The number of anilines is 1. The summed E-state index contributed by atoms with van der Waals surface area (Å²) in [7, 11) is 0. The molecule has 4 aromatic rings. The van der Waals surface area contributed by atoms with Crippen molar-refractivity contribution in [1.29, 1.82) is 0 Å². The van der Waals surface area contributed by atoms with E-state index in [2.05, 4.69) is 33.6 Å². The SMILES string of the molecule is Cc1sc2c(c1C)C(c1ccc(Cl)cc1)=NN(Cc1ccncc1)c1nnc(C)n1-2. The number of aryl methyl sites for hydroxylation is 2. The summed E-state index contributed by atoms with van der Waals surface area (Å²) < 4.78 is 2.10. The van der Waals surface area contributed by atoms with Crippen LogP contribution < -0.4 is 5.01 Å². The third-order valence-electron chi connectivity index (χ3n) is 5.27. The smallest absolute Gasteiger partial charge is 0.253 e. The van der Waals surface area contributed by atoms with Gasteiger partial charge in [0.2, 0.25) is 0 Å². The van der Waals surface area contributed by atoms with Gasteiger partial charge in [0.1, 0.15) is 16.5 Å². The monoisotopic (exact) mass is 434 g/mol. The number of rotatable bonds is 3. The Morgan fingerprint density at radius 3 is 2.43 bits per heavy atom. The Balaban J connectivity index is 1.76. The average Bonchev–Trinajstić information content (AvgIpc) is 3.22. The number of nitrogens with zero attached hydrogens (tertiary/aromatic N) is 6. The molecule has 0 N–H and O–H groups in total. The molecule has 150 valence electrons. The van der Waals surface area contributed by atoms with Crippen molar-refractivity contribution in [3.8, 4) is 5.00 Å². The van der Waals surface area contributed by atoms with E-state index in [0.29, 0.717) is 17.5 Å². The zero-order chi connectivity index (χ0) is 20.8. The van der Waals surface area contributed by atoms with Crippen LogP contribution in [0.3, 0.4) is 0 Å².